The van der Waals surface area contributed by atoms with Crippen molar-refractivity contribution in [2.24, 2.45) is 0 Å². The van der Waals surface area contributed by atoms with E-state index >= 15 is 0 Å². The van der Waals surface area contributed by atoms with Crippen molar-refractivity contribution < 1.29 is 4.74 Å². The molecule has 0 amide bonds. The van der Waals surface area contributed by atoms with Crippen LogP contribution in [0.15, 0.2) is 84.9 Å². The van der Waals surface area contributed by atoms with Crippen molar-refractivity contribution in [3.63, 3.8) is 0 Å². The lowest BCUT2D eigenvalue weighted by Crippen LogP contribution is -2.44. The van der Waals surface area contributed by atoms with Gasteiger partial charge in [-0.15, -0.1) is 12.4 Å². The van der Waals surface area contributed by atoms with Gasteiger partial charge in [-0.2, -0.15) is 0 Å². The van der Waals surface area contributed by atoms with Gasteiger partial charge < -0.3 is 4.74 Å². The summed E-state index contributed by atoms with van der Waals surface area (Å²) in [5.41, 5.74) is 5.10. The van der Waals surface area contributed by atoms with Crippen LogP contribution in [0.1, 0.15) is 42.2 Å². The Hall–Kier alpha value is -2.13. The van der Waals surface area contributed by atoms with E-state index in [2.05, 4.69) is 118 Å². The fourth-order valence-corrected chi connectivity index (χ4v) is 3.59. The molecule has 1 unspecified atom stereocenters. The first-order chi connectivity index (χ1) is 14.0. The van der Waals surface area contributed by atoms with Gasteiger partial charge in [0.2, 0.25) is 0 Å². The zero-order chi connectivity index (χ0) is 20.7. The summed E-state index contributed by atoms with van der Waals surface area (Å²) in [6.07, 6.45) is 0.979. The van der Waals surface area contributed by atoms with Crippen LogP contribution in [0.3, 0.4) is 0 Å². The van der Waals surface area contributed by atoms with Crippen LogP contribution in [0, 0.1) is 6.92 Å². The van der Waals surface area contributed by atoms with E-state index in [0.29, 0.717) is 6.61 Å². The molecule has 0 aliphatic heterocycles. The maximum atomic E-state index is 6.43. The van der Waals surface area contributed by atoms with E-state index in [1.807, 2.05) is 0 Å². The van der Waals surface area contributed by atoms with Gasteiger partial charge in [0.15, 0.2) is 0 Å². The Labute approximate surface area is 188 Å². The third-order valence-electron chi connectivity index (χ3n) is 5.71. The predicted molar refractivity (Wildman–Crippen MR) is 130 cm³/mol. The van der Waals surface area contributed by atoms with Gasteiger partial charge >= 0.3 is 0 Å². The van der Waals surface area contributed by atoms with E-state index in [9.17, 15) is 0 Å². The highest BCUT2D eigenvalue weighted by Crippen LogP contribution is 2.27. The molecule has 0 aromatic heterocycles. The molecule has 0 fully saturated rings. The smallest absolute Gasteiger partial charge is 0.108 e. The molecule has 0 radical (unpaired) electrons. The van der Waals surface area contributed by atoms with Crippen molar-refractivity contribution in [3.8, 4) is 0 Å². The summed E-state index contributed by atoms with van der Waals surface area (Å²) < 4.78 is 6.43. The van der Waals surface area contributed by atoms with Gasteiger partial charge in [0.1, 0.15) is 6.10 Å². The van der Waals surface area contributed by atoms with Gasteiger partial charge in [0.25, 0.3) is 0 Å². The quantitative estimate of drug-likeness (QED) is 0.390. The summed E-state index contributed by atoms with van der Waals surface area (Å²) in [5, 5.41) is 0. The van der Waals surface area contributed by atoms with Crippen LogP contribution in [0.5, 0.6) is 0 Å². The highest BCUT2D eigenvalue weighted by Gasteiger charge is 2.24. The van der Waals surface area contributed by atoms with Crippen molar-refractivity contribution in [2.45, 2.75) is 38.8 Å². The molecule has 30 heavy (non-hydrogen) atoms. The van der Waals surface area contributed by atoms with Crippen molar-refractivity contribution in [2.75, 3.05) is 20.2 Å². The van der Waals surface area contributed by atoms with Gasteiger partial charge in [-0.1, -0.05) is 90.5 Å². The number of aryl methyl sites for hydroxylation is 1. The Kier molecular flexibility index (Phi) is 9.10. The molecule has 0 aliphatic carbocycles. The maximum absolute atomic E-state index is 6.43. The second kappa shape index (κ2) is 11.3. The summed E-state index contributed by atoms with van der Waals surface area (Å²) in [7, 11) is 2.19. The van der Waals surface area contributed by atoms with E-state index in [0.717, 1.165) is 13.0 Å². The average molecular weight is 424 g/mol. The minimum atomic E-state index is -0.0394. The van der Waals surface area contributed by atoms with Crippen molar-refractivity contribution in [3.05, 3.63) is 107 Å². The van der Waals surface area contributed by atoms with Crippen LogP contribution in [0.4, 0.5) is 0 Å². The summed E-state index contributed by atoms with van der Waals surface area (Å²) in [6, 6.07) is 29.9. The normalized spacial score (nSPS) is 12.4. The molecular formula is C27H34ClNO. The van der Waals surface area contributed by atoms with E-state index in [4.69, 9.17) is 4.74 Å². The largest absolute Gasteiger partial charge is 0.367 e. The minimum Gasteiger partial charge on any atom is -0.367 e. The Morgan fingerprint density at radius 1 is 0.800 bits per heavy atom. The first kappa shape index (κ1) is 24.1. The Balaban J connectivity index is 0.00000320. The topological polar surface area (TPSA) is 12.5 Å². The first-order valence-corrected chi connectivity index (χ1v) is 10.4. The molecule has 0 N–H and O–H groups in total. The molecular weight excluding hydrogens is 390 g/mol. The van der Waals surface area contributed by atoms with Gasteiger partial charge in [0, 0.05) is 12.1 Å². The summed E-state index contributed by atoms with van der Waals surface area (Å²) in [4.78, 5) is 2.40. The zero-order valence-corrected chi connectivity index (χ0v) is 19.4. The molecule has 3 aromatic rings. The van der Waals surface area contributed by atoms with Crippen molar-refractivity contribution in [1.82, 2.24) is 4.90 Å². The SMILES string of the molecule is Cc1ccc(C(OCCN(C)C(C)(C)Cc2ccccc2)c2ccccc2)cc1.Cl. The van der Waals surface area contributed by atoms with E-state index in [1.54, 1.807) is 0 Å². The second-order valence-corrected chi connectivity index (χ2v) is 8.47. The predicted octanol–water partition coefficient (Wildman–Crippen LogP) is 6.48. The number of ether oxygens (including phenoxy) is 1. The zero-order valence-electron chi connectivity index (χ0n) is 18.5. The number of rotatable bonds is 9. The number of hydrogen-bond donors (Lipinski definition) is 0. The molecule has 2 nitrogen and oxygen atoms in total. The third kappa shape index (κ3) is 6.70. The van der Waals surface area contributed by atoms with E-state index in [1.165, 1.54) is 22.3 Å². The molecule has 3 rings (SSSR count). The molecule has 0 saturated heterocycles. The van der Waals surface area contributed by atoms with E-state index in [-0.39, 0.29) is 24.0 Å². The molecule has 3 heteroatoms. The lowest BCUT2D eigenvalue weighted by atomic mass is 9.93. The Morgan fingerprint density at radius 3 is 1.93 bits per heavy atom. The molecule has 0 heterocycles. The number of benzene rings is 3. The van der Waals surface area contributed by atoms with Crippen molar-refractivity contribution >= 4 is 12.4 Å². The first-order valence-electron chi connectivity index (χ1n) is 10.4. The van der Waals surface area contributed by atoms with Crippen LogP contribution in [-0.2, 0) is 11.2 Å². The molecule has 0 bridgehead atoms. The van der Waals surface area contributed by atoms with Crippen LogP contribution in [0.25, 0.3) is 0 Å². The standard InChI is InChI=1S/C27H33NO.ClH/c1-22-15-17-25(18-16-22)26(24-13-9-6-10-14-24)29-20-19-28(4)27(2,3)21-23-11-7-5-8-12-23;/h5-18,26H,19-21H2,1-4H3;1H. The summed E-state index contributed by atoms with van der Waals surface area (Å²) >= 11 is 0. The maximum Gasteiger partial charge on any atom is 0.108 e. The fraction of sp³-hybridized carbons (Fsp3) is 0.333. The summed E-state index contributed by atoms with van der Waals surface area (Å²) in [5.74, 6) is 0. The second-order valence-electron chi connectivity index (χ2n) is 8.47. The van der Waals surface area contributed by atoms with Gasteiger partial charge in [-0.3, -0.25) is 4.90 Å². The van der Waals surface area contributed by atoms with Crippen LogP contribution < -0.4 is 0 Å². The minimum absolute atomic E-state index is 0. The van der Waals surface area contributed by atoms with Gasteiger partial charge in [-0.25, -0.2) is 0 Å². The number of hydrogen-bond acceptors (Lipinski definition) is 2. The van der Waals surface area contributed by atoms with Crippen LogP contribution in [0.2, 0.25) is 0 Å². The van der Waals surface area contributed by atoms with Crippen LogP contribution in [-0.4, -0.2) is 30.6 Å². The lowest BCUT2D eigenvalue weighted by molar-refractivity contribution is 0.0422. The molecule has 160 valence electrons. The molecule has 3 aromatic carbocycles. The highest BCUT2D eigenvalue weighted by atomic mass is 35.5. The lowest BCUT2D eigenvalue weighted by Gasteiger charge is -2.36. The number of likely N-dealkylation sites (N-methyl/N-ethyl adjacent to an activating group) is 1. The number of halogens is 1. The monoisotopic (exact) mass is 423 g/mol. The third-order valence-corrected chi connectivity index (χ3v) is 5.71. The highest BCUT2D eigenvalue weighted by molar-refractivity contribution is 5.85. The summed E-state index contributed by atoms with van der Waals surface area (Å²) in [6.45, 7) is 8.28. The van der Waals surface area contributed by atoms with Crippen molar-refractivity contribution in [1.29, 1.82) is 0 Å². The molecule has 1 atom stereocenters. The molecule has 0 saturated carbocycles. The van der Waals surface area contributed by atoms with Gasteiger partial charge in [-0.05, 0) is 50.9 Å². The average Bonchev–Trinajstić information content (AvgIpc) is 2.73. The fourth-order valence-electron chi connectivity index (χ4n) is 3.59. The van der Waals surface area contributed by atoms with E-state index < -0.39 is 0 Å². The molecule has 0 aliphatic rings. The van der Waals surface area contributed by atoms with Gasteiger partial charge in [0.05, 0.1) is 6.61 Å². The molecule has 0 spiro atoms. The Bertz CT molecular complexity index is 862. The Morgan fingerprint density at radius 2 is 1.33 bits per heavy atom. The number of nitrogens with zero attached hydrogens (tertiary/aromatic N) is 1. The van der Waals surface area contributed by atoms with Crippen LogP contribution >= 0.6 is 12.4 Å².